The van der Waals surface area contributed by atoms with Crippen molar-refractivity contribution in [1.82, 2.24) is 0 Å². The van der Waals surface area contributed by atoms with E-state index in [1.165, 1.54) is 66.4 Å². The molecule has 0 fully saturated rings. The predicted molar refractivity (Wildman–Crippen MR) is 268 cm³/mol. The fourth-order valence-corrected chi connectivity index (χ4v) is 11.0. The van der Waals surface area contributed by atoms with Gasteiger partial charge in [-0.2, -0.15) is 0 Å². The Bertz CT molecular complexity index is 3300. The van der Waals surface area contributed by atoms with Gasteiger partial charge in [0, 0.05) is 39.5 Å². The Hall–Kier alpha value is -7.94. The molecule has 0 unspecified atom stereocenters. The van der Waals surface area contributed by atoms with E-state index in [2.05, 4.69) is 266 Å². The molecule has 10 aromatic carbocycles. The van der Waals surface area contributed by atoms with Gasteiger partial charge in [-0.3, -0.25) is 0 Å². The van der Waals surface area contributed by atoms with Crippen LogP contribution in [0, 0.1) is 0 Å². The number of fused-ring (bicyclic) bond motifs is 10. The van der Waals surface area contributed by atoms with Gasteiger partial charge in [0.15, 0.2) is 0 Å². The fourth-order valence-electron chi connectivity index (χ4n) is 11.0. The molecule has 12 rings (SSSR count). The molecule has 0 amide bonds. The van der Waals surface area contributed by atoms with Crippen LogP contribution < -0.4 is 9.80 Å². The Kier molecular flexibility index (Phi) is 8.77. The summed E-state index contributed by atoms with van der Waals surface area (Å²) in [5.74, 6) is 0. The number of rotatable bonds is 7. The van der Waals surface area contributed by atoms with Crippen LogP contribution in [0.2, 0.25) is 0 Å². The average molecular weight is 819 g/mol. The smallest absolute Gasteiger partial charge is 0.0720 e. The number of anilines is 6. The second-order valence-corrected chi connectivity index (χ2v) is 17.7. The molecule has 0 aliphatic heterocycles. The largest absolute Gasteiger partial charge is 0.310 e. The molecule has 2 nitrogen and oxygen atoms in total. The molecule has 2 aliphatic carbocycles. The average Bonchev–Trinajstić information content (AvgIpc) is 3.64. The van der Waals surface area contributed by atoms with Crippen molar-refractivity contribution in [3.05, 3.63) is 276 Å². The van der Waals surface area contributed by atoms with E-state index in [-0.39, 0.29) is 5.41 Å². The van der Waals surface area contributed by atoms with Crippen molar-refractivity contribution < 1.29 is 0 Å². The lowest BCUT2D eigenvalue weighted by molar-refractivity contribution is 0.563. The standard InChI is InChI=1S/C62H46N2/c1-61(2)56-26-14-16-28-58(56)62(59-29-17-15-27-57(59)61)55-39-37-51(64(48-24-10-5-11-25-48)50-35-32-44-20-12-13-21-46(44)40-50)41-54(55)53-38-36-52(42-60(53)62)63(47-22-8-4-9-23-47)49-33-30-45(31-34-49)43-18-6-3-7-19-43/h3-42H,1-2H3. The second-order valence-electron chi connectivity index (χ2n) is 17.7. The maximum absolute atomic E-state index is 2.50. The maximum atomic E-state index is 2.50. The van der Waals surface area contributed by atoms with Gasteiger partial charge in [-0.25, -0.2) is 0 Å². The highest BCUT2D eigenvalue weighted by molar-refractivity contribution is 5.95. The number of nitrogens with zero attached hydrogens (tertiary/aromatic N) is 2. The van der Waals surface area contributed by atoms with E-state index in [1.807, 2.05) is 0 Å². The highest BCUT2D eigenvalue weighted by Crippen LogP contribution is 2.63. The lowest BCUT2D eigenvalue weighted by Gasteiger charge is -2.46. The molecule has 0 bridgehead atoms. The first-order valence-electron chi connectivity index (χ1n) is 22.3. The normalized spacial score (nSPS) is 13.7. The second kappa shape index (κ2) is 14.9. The minimum atomic E-state index is -0.567. The van der Waals surface area contributed by atoms with Crippen LogP contribution in [-0.4, -0.2) is 0 Å². The Morgan fingerprint density at radius 2 is 0.703 bits per heavy atom. The van der Waals surface area contributed by atoms with Crippen molar-refractivity contribution in [3.63, 3.8) is 0 Å². The molecule has 1 spiro atoms. The van der Waals surface area contributed by atoms with Crippen LogP contribution in [0.5, 0.6) is 0 Å². The predicted octanol–water partition coefficient (Wildman–Crippen LogP) is 16.4. The van der Waals surface area contributed by atoms with E-state index in [4.69, 9.17) is 0 Å². The van der Waals surface area contributed by atoms with Crippen LogP contribution in [0.4, 0.5) is 34.1 Å². The molecule has 0 atom stereocenters. The first-order chi connectivity index (χ1) is 31.5. The first kappa shape index (κ1) is 37.8. The summed E-state index contributed by atoms with van der Waals surface area (Å²) in [7, 11) is 0. The number of hydrogen-bond donors (Lipinski definition) is 0. The molecule has 0 saturated heterocycles. The summed E-state index contributed by atoms with van der Waals surface area (Å²) >= 11 is 0. The summed E-state index contributed by atoms with van der Waals surface area (Å²) in [6.07, 6.45) is 0. The zero-order valence-corrected chi connectivity index (χ0v) is 36.0. The molecule has 0 aromatic heterocycles. The molecular formula is C62H46N2. The van der Waals surface area contributed by atoms with Crippen LogP contribution in [0.3, 0.4) is 0 Å². The number of benzene rings is 10. The van der Waals surface area contributed by atoms with Crippen molar-refractivity contribution >= 4 is 44.9 Å². The molecular weight excluding hydrogens is 773 g/mol. The van der Waals surface area contributed by atoms with Gasteiger partial charge < -0.3 is 9.80 Å². The van der Waals surface area contributed by atoms with Crippen LogP contribution in [0.15, 0.2) is 243 Å². The summed E-state index contributed by atoms with van der Waals surface area (Å²) < 4.78 is 0. The third kappa shape index (κ3) is 5.80. The highest BCUT2D eigenvalue weighted by Gasteiger charge is 2.53. The van der Waals surface area contributed by atoms with Gasteiger partial charge in [0.1, 0.15) is 0 Å². The van der Waals surface area contributed by atoms with Gasteiger partial charge in [0.2, 0.25) is 0 Å². The molecule has 0 saturated carbocycles. The minimum absolute atomic E-state index is 0.199. The molecule has 64 heavy (non-hydrogen) atoms. The SMILES string of the molecule is CC1(C)c2ccccc2C2(c3ccc(N(c4ccccc4)c4ccc5ccccc5c4)cc3-c3ccc(N(c4ccccc4)c4ccc(-c5ccccc5)cc4)cc32)c2ccccc21. The van der Waals surface area contributed by atoms with E-state index in [1.54, 1.807) is 0 Å². The van der Waals surface area contributed by atoms with E-state index >= 15 is 0 Å². The monoisotopic (exact) mass is 818 g/mol. The first-order valence-corrected chi connectivity index (χ1v) is 22.3. The van der Waals surface area contributed by atoms with Gasteiger partial charge in [-0.1, -0.05) is 184 Å². The maximum Gasteiger partial charge on any atom is 0.0720 e. The summed E-state index contributed by atoms with van der Waals surface area (Å²) in [5.41, 5.74) is 18.9. The Morgan fingerprint density at radius 3 is 1.34 bits per heavy atom. The molecule has 0 N–H and O–H groups in total. The molecule has 10 aromatic rings. The van der Waals surface area contributed by atoms with Gasteiger partial charge in [0.25, 0.3) is 0 Å². The Morgan fingerprint density at radius 1 is 0.266 bits per heavy atom. The highest BCUT2D eigenvalue weighted by atomic mass is 15.1. The Balaban J connectivity index is 1.11. The van der Waals surface area contributed by atoms with Crippen molar-refractivity contribution in [1.29, 1.82) is 0 Å². The minimum Gasteiger partial charge on any atom is -0.310 e. The fraction of sp³-hybridized carbons (Fsp3) is 0.0645. The summed E-state index contributed by atoms with van der Waals surface area (Å²) in [6.45, 7) is 4.79. The van der Waals surface area contributed by atoms with Gasteiger partial charge in [0.05, 0.1) is 5.41 Å². The van der Waals surface area contributed by atoms with Gasteiger partial charge in [-0.15, -0.1) is 0 Å². The van der Waals surface area contributed by atoms with Gasteiger partial charge >= 0.3 is 0 Å². The van der Waals surface area contributed by atoms with E-state index in [9.17, 15) is 0 Å². The van der Waals surface area contributed by atoms with Gasteiger partial charge in [-0.05, 0) is 139 Å². The van der Waals surface area contributed by atoms with Crippen molar-refractivity contribution in [2.45, 2.75) is 24.7 Å². The molecule has 2 aliphatic rings. The zero-order valence-electron chi connectivity index (χ0n) is 36.0. The molecule has 0 heterocycles. The molecule has 2 heteroatoms. The third-order valence-corrected chi connectivity index (χ3v) is 13.9. The summed E-state index contributed by atoms with van der Waals surface area (Å²) in [5, 5.41) is 2.45. The summed E-state index contributed by atoms with van der Waals surface area (Å²) in [6, 6.07) is 89.6. The van der Waals surface area contributed by atoms with E-state index < -0.39 is 5.41 Å². The van der Waals surface area contributed by atoms with Crippen LogP contribution >= 0.6 is 0 Å². The Labute approximate surface area is 376 Å². The van der Waals surface area contributed by atoms with Crippen molar-refractivity contribution in [2.75, 3.05) is 9.80 Å². The quantitative estimate of drug-likeness (QED) is 0.158. The number of hydrogen-bond acceptors (Lipinski definition) is 2. The molecule has 304 valence electrons. The zero-order chi connectivity index (χ0) is 42.8. The van der Waals surface area contributed by atoms with Crippen LogP contribution in [-0.2, 0) is 10.8 Å². The van der Waals surface area contributed by atoms with Crippen LogP contribution in [0.1, 0.15) is 47.2 Å². The lowest BCUT2D eigenvalue weighted by atomic mass is 9.55. The molecule has 0 radical (unpaired) electrons. The third-order valence-electron chi connectivity index (χ3n) is 13.9. The van der Waals surface area contributed by atoms with Crippen LogP contribution in [0.25, 0.3) is 33.0 Å². The lowest BCUT2D eigenvalue weighted by Crippen LogP contribution is -2.40. The van der Waals surface area contributed by atoms with E-state index in [0.29, 0.717) is 0 Å². The topological polar surface area (TPSA) is 6.48 Å². The van der Waals surface area contributed by atoms with E-state index in [0.717, 1.165) is 34.1 Å². The summed E-state index contributed by atoms with van der Waals surface area (Å²) in [4.78, 5) is 4.83. The number of para-hydroxylation sites is 2. The van der Waals surface area contributed by atoms with Crippen molar-refractivity contribution in [2.24, 2.45) is 0 Å². The van der Waals surface area contributed by atoms with Crippen molar-refractivity contribution in [3.8, 4) is 22.3 Å².